The highest BCUT2D eigenvalue weighted by Gasteiger charge is 2.48. The third-order valence-electron chi connectivity index (χ3n) is 5.08. The summed E-state index contributed by atoms with van der Waals surface area (Å²) < 4.78 is 7.54. The summed E-state index contributed by atoms with van der Waals surface area (Å²) in [6, 6.07) is 5.37. The van der Waals surface area contributed by atoms with E-state index in [1.54, 1.807) is 53.9 Å². The maximum atomic E-state index is 13.0. The van der Waals surface area contributed by atoms with Gasteiger partial charge in [0.2, 0.25) is 0 Å². The van der Waals surface area contributed by atoms with Gasteiger partial charge in [-0.25, -0.2) is 9.50 Å². The number of fused-ring (bicyclic) bond motifs is 1. The van der Waals surface area contributed by atoms with Crippen molar-refractivity contribution >= 4 is 17.3 Å². The van der Waals surface area contributed by atoms with Gasteiger partial charge in [0.15, 0.2) is 17.1 Å². The van der Waals surface area contributed by atoms with Gasteiger partial charge in [-0.15, -0.1) is 0 Å². The molecule has 0 bridgehead atoms. The summed E-state index contributed by atoms with van der Waals surface area (Å²) in [4.78, 5) is 31.2. The third-order valence-corrected chi connectivity index (χ3v) is 5.08. The van der Waals surface area contributed by atoms with Gasteiger partial charge in [-0.3, -0.25) is 9.59 Å². The number of hydrogen-bond donors (Lipinski definition) is 0. The molecule has 1 amide bonds. The first kappa shape index (κ1) is 17.4. The molecule has 1 aliphatic carbocycles. The lowest BCUT2D eigenvalue weighted by Gasteiger charge is -2.46. The molecule has 27 heavy (non-hydrogen) atoms. The van der Waals surface area contributed by atoms with Crippen molar-refractivity contribution in [3.63, 3.8) is 0 Å². The van der Waals surface area contributed by atoms with E-state index in [0.717, 1.165) is 0 Å². The number of aromatic nitrogens is 3. The Balaban J connectivity index is 1.64. The van der Waals surface area contributed by atoms with Crippen LogP contribution in [0.25, 0.3) is 5.65 Å². The van der Waals surface area contributed by atoms with E-state index in [1.165, 1.54) is 0 Å². The van der Waals surface area contributed by atoms with Gasteiger partial charge in [-0.2, -0.15) is 10.4 Å². The fraction of sp³-hybridized carbons (Fsp3) is 0.421. The molecule has 1 unspecified atom stereocenters. The lowest BCUT2D eigenvalue weighted by molar-refractivity contribution is -0.134. The van der Waals surface area contributed by atoms with Crippen LogP contribution in [-0.4, -0.2) is 56.5 Å². The minimum absolute atomic E-state index is 0.0949. The molecular formula is C19H19N5O3. The molecule has 0 radical (unpaired) electrons. The smallest absolute Gasteiger partial charge is 0.274 e. The number of ketones is 1. The number of hydrogen-bond acceptors (Lipinski definition) is 6. The monoisotopic (exact) mass is 365 g/mol. The first-order chi connectivity index (χ1) is 12.8. The van der Waals surface area contributed by atoms with E-state index in [0.29, 0.717) is 30.9 Å². The summed E-state index contributed by atoms with van der Waals surface area (Å²) in [5, 5.41) is 13.6. The maximum absolute atomic E-state index is 13.0. The zero-order valence-corrected chi connectivity index (χ0v) is 15.2. The molecule has 1 spiro atoms. The number of nitriles is 1. The highest BCUT2D eigenvalue weighted by atomic mass is 16.5. The van der Waals surface area contributed by atoms with Gasteiger partial charge in [0, 0.05) is 30.4 Å². The van der Waals surface area contributed by atoms with E-state index < -0.39 is 11.0 Å². The van der Waals surface area contributed by atoms with Crippen molar-refractivity contribution in [1.29, 1.82) is 5.26 Å². The number of carbonyl (C=O) groups is 2. The third kappa shape index (κ3) is 2.90. The van der Waals surface area contributed by atoms with Crippen LogP contribution in [0.15, 0.2) is 36.2 Å². The van der Waals surface area contributed by atoms with Crippen molar-refractivity contribution in [2.75, 3.05) is 19.7 Å². The van der Waals surface area contributed by atoms with Crippen LogP contribution in [0, 0.1) is 16.7 Å². The van der Waals surface area contributed by atoms with Crippen LogP contribution in [0.3, 0.4) is 0 Å². The minimum atomic E-state index is -0.839. The molecule has 2 aliphatic rings. The predicted octanol–water partition coefficient (Wildman–Crippen LogP) is 1.39. The quantitative estimate of drug-likeness (QED) is 0.757. The highest BCUT2D eigenvalue weighted by Crippen LogP contribution is 2.41. The van der Waals surface area contributed by atoms with Gasteiger partial charge in [0.1, 0.15) is 11.7 Å². The van der Waals surface area contributed by atoms with E-state index in [4.69, 9.17) is 4.74 Å². The number of Topliss-reactive ketones (excluding diaryl/α,β-unsaturated/α-hetero) is 1. The van der Waals surface area contributed by atoms with Crippen molar-refractivity contribution in [2.24, 2.45) is 5.41 Å². The average Bonchev–Trinajstić information content (AvgIpc) is 3.08. The molecule has 0 aromatic carbocycles. The first-order valence-corrected chi connectivity index (χ1v) is 8.75. The van der Waals surface area contributed by atoms with Gasteiger partial charge in [0.25, 0.3) is 5.91 Å². The van der Waals surface area contributed by atoms with E-state index in [9.17, 15) is 14.9 Å². The van der Waals surface area contributed by atoms with Crippen LogP contribution in [0.4, 0.5) is 0 Å². The van der Waals surface area contributed by atoms with E-state index >= 15 is 0 Å². The molecule has 0 saturated carbocycles. The number of carbonyl (C=O) groups excluding carboxylic acids is 2. The molecule has 4 rings (SSSR count). The van der Waals surface area contributed by atoms with Gasteiger partial charge in [-0.1, -0.05) is 13.8 Å². The number of amides is 1. The molecule has 1 atom stereocenters. The molecule has 8 nitrogen and oxygen atoms in total. The van der Waals surface area contributed by atoms with E-state index in [1.807, 2.05) is 6.07 Å². The second kappa shape index (κ2) is 5.99. The zero-order valence-electron chi connectivity index (χ0n) is 15.2. The average molecular weight is 365 g/mol. The summed E-state index contributed by atoms with van der Waals surface area (Å²) in [6.07, 6.45) is 5.38. The van der Waals surface area contributed by atoms with Crippen LogP contribution in [0.2, 0.25) is 0 Å². The normalized spacial score (nSPS) is 24.7. The summed E-state index contributed by atoms with van der Waals surface area (Å²) in [6.45, 7) is 4.64. The van der Waals surface area contributed by atoms with Gasteiger partial charge in [0.05, 0.1) is 18.7 Å². The number of ether oxygens (including phenoxy) is 1. The van der Waals surface area contributed by atoms with Crippen molar-refractivity contribution in [3.8, 4) is 6.07 Å². The molecule has 1 fully saturated rings. The summed E-state index contributed by atoms with van der Waals surface area (Å²) >= 11 is 0. The minimum Gasteiger partial charge on any atom is -0.367 e. The van der Waals surface area contributed by atoms with Gasteiger partial charge in [-0.05, 0) is 18.6 Å². The number of allylic oxidation sites excluding steroid dienone is 1. The van der Waals surface area contributed by atoms with Crippen LogP contribution < -0.4 is 0 Å². The Bertz CT molecular complexity index is 983. The topological polar surface area (TPSA) is 101 Å². The van der Waals surface area contributed by atoms with Gasteiger partial charge < -0.3 is 9.64 Å². The lowest BCUT2D eigenvalue weighted by atomic mass is 9.69. The van der Waals surface area contributed by atoms with Crippen LogP contribution in [0.5, 0.6) is 0 Å². The fourth-order valence-electron chi connectivity index (χ4n) is 3.93. The summed E-state index contributed by atoms with van der Waals surface area (Å²) in [5.41, 5.74) is -0.564. The predicted molar refractivity (Wildman–Crippen MR) is 94.7 cm³/mol. The lowest BCUT2D eigenvalue weighted by Crippen LogP contribution is -2.57. The van der Waals surface area contributed by atoms with E-state index in [2.05, 4.69) is 10.1 Å². The number of rotatable bonds is 1. The maximum Gasteiger partial charge on any atom is 0.274 e. The Hall–Kier alpha value is -3.05. The Morgan fingerprint density at radius 2 is 2.22 bits per heavy atom. The molecule has 3 heterocycles. The Labute approximate surface area is 156 Å². The van der Waals surface area contributed by atoms with Crippen LogP contribution in [0.1, 0.15) is 30.8 Å². The van der Waals surface area contributed by atoms with Crippen LogP contribution in [-0.2, 0) is 9.53 Å². The molecule has 8 heteroatoms. The Kier molecular flexibility index (Phi) is 3.86. The van der Waals surface area contributed by atoms with Crippen molar-refractivity contribution in [1.82, 2.24) is 19.5 Å². The molecule has 1 saturated heterocycles. The number of nitrogens with zero attached hydrogens (tertiary/aromatic N) is 5. The number of morpholine rings is 1. The molecule has 1 aliphatic heterocycles. The molecule has 0 N–H and O–H groups in total. The molecular weight excluding hydrogens is 346 g/mol. The highest BCUT2D eigenvalue weighted by molar-refractivity contribution is 6.04. The van der Waals surface area contributed by atoms with E-state index in [-0.39, 0.29) is 23.8 Å². The van der Waals surface area contributed by atoms with Crippen molar-refractivity contribution in [2.45, 2.75) is 25.9 Å². The Morgan fingerprint density at radius 1 is 1.41 bits per heavy atom. The SMILES string of the molecule is CC1(C)CC2(C=C(C#N)C1=O)CN(C(=O)c1cc3ncccn3n1)CCO2. The second-order valence-electron chi connectivity index (χ2n) is 7.65. The first-order valence-electron chi connectivity index (χ1n) is 8.75. The van der Waals surface area contributed by atoms with Crippen LogP contribution >= 0.6 is 0 Å². The van der Waals surface area contributed by atoms with Crippen molar-refractivity contribution < 1.29 is 14.3 Å². The molecule has 138 valence electrons. The molecule has 2 aromatic heterocycles. The zero-order chi connectivity index (χ0) is 19.2. The fourth-order valence-corrected chi connectivity index (χ4v) is 3.93. The largest absolute Gasteiger partial charge is 0.367 e. The standard InChI is InChI=1S/C19H19N5O3/c1-18(2)11-19(9-13(10-20)16(18)25)12-23(6-7-27-19)17(26)14-8-15-21-4-3-5-24(15)22-14/h3-5,8-9H,6-7,11-12H2,1-2H3. The summed E-state index contributed by atoms with van der Waals surface area (Å²) in [5.74, 6) is -0.404. The molecule has 2 aromatic rings. The summed E-state index contributed by atoms with van der Waals surface area (Å²) in [7, 11) is 0. The van der Waals surface area contributed by atoms with Crippen molar-refractivity contribution in [3.05, 3.63) is 41.9 Å². The van der Waals surface area contributed by atoms with Gasteiger partial charge >= 0.3 is 0 Å². The Morgan fingerprint density at radius 3 is 2.96 bits per heavy atom. The second-order valence-corrected chi connectivity index (χ2v) is 7.65.